The lowest BCUT2D eigenvalue weighted by Crippen LogP contribution is -2.32. The molecule has 19 heavy (non-hydrogen) atoms. The highest BCUT2D eigenvalue weighted by Crippen LogP contribution is 2.19. The number of rotatable bonds is 4. The molecule has 0 fully saturated rings. The molecule has 0 bridgehead atoms. The van der Waals surface area contributed by atoms with E-state index in [1.54, 1.807) is 0 Å². The molecule has 0 aliphatic heterocycles. The summed E-state index contributed by atoms with van der Waals surface area (Å²) in [5, 5.41) is 8.99. The van der Waals surface area contributed by atoms with Gasteiger partial charge < -0.3 is 5.11 Å². The number of sulfonamides is 1. The molecule has 0 atom stereocenters. The first-order valence-corrected chi connectivity index (χ1v) is 8.12. The number of aromatic carboxylic acids is 1. The summed E-state index contributed by atoms with van der Waals surface area (Å²) < 4.78 is 27.1. The SMILES string of the molecule is CC(C)(C)CNS(=O)(=O)c1ccc(I)c(C(=O)O)c1. The standard InChI is InChI=1S/C12H16INO4S/c1-12(2,3)7-14-19(17,18)8-4-5-10(13)9(6-8)11(15)16/h4-6,14H,7H2,1-3H3,(H,15,16). The Kier molecular flexibility index (Phi) is 4.97. The first kappa shape index (κ1) is 16.4. The minimum atomic E-state index is -3.68. The van der Waals surface area contributed by atoms with Crippen LogP contribution in [0.25, 0.3) is 0 Å². The van der Waals surface area contributed by atoms with Crippen LogP contribution in [0.15, 0.2) is 23.1 Å². The first-order chi connectivity index (χ1) is 8.53. The van der Waals surface area contributed by atoms with Crippen LogP contribution in [0, 0.1) is 8.99 Å². The number of hydrogen-bond acceptors (Lipinski definition) is 3. The van der Waals surface area contributed by atoms with Crippen molar-refractivity contribution < 1.29 is 18.3 Å². The van der Waals surface area contributed by atoms with E-state index in [1.165, 1.54) is 18.2 Å². The van der Waals surface area contributed by atoms with Gasteiger partial charge in [-0.25, -0.2) is 17.9 Å². The van der Waals surface area contributed by atoms with Crippen molar-refractivity contribution in [2.24, 2.45) is 5.41 Å². The average molecular weight is 397 g/mol. The van der Waals surface area contributed by atoms with Gasteiger partial charge in [0.25, 0.3) is 0 Å². The maximum Gasteiger partial charge on any atom is 0.336 e. The molecule has 1 rings (SSSR count). The Morgan fingerprint density at radius 3 is 2.42 bits per heavy atom. The van der Waals surface area contributed by atoms with Gasteiger partial charge in [0.2, 0.25) is 10.0 Å². The minimum absolute atomic E-state index is 0.0146. The second-order valence-corrected chi connectivity index (χ2v) is 8.26. The predicted molar refractivity (Wildman–Crippen MR) is 80.8 cm³/mol. The molecule has 5 nitrogen and oxygen atoms in total. The molecule has 106 valence electrons. The average Bonchev–Trinajstić information content (AvgIpc) is 2.25. The third-order valence-corrected chi connectivity index (χ3v) is 4.61. The fourth-order valence-corrected chi connectivity index (χ4v) is 3.11. The van der Waals surface area contributed by atoms with Crippen molar-refractivity contribution in [2.45, 2.75) is 25.7 Å². The zero-order chi connectivity index (χ0) is 14.8. The van der Waals surface area contributed by atoms with Crippen LogP contribution in [0.2, 0.25) is 0 Å². The number of carboxylic acids is 1. The monoisotopic (exact) mass is 397 g/mol. The number of carboxylic acid groups (broad SMARTS) is 1. The van der Waals surface area contributed by atoms with Gasteiger partial charge in [0.1, 0.15) is 0 Å². The minimum Gasteiger partial charge on any atom is -0.478 e. The van der Waals surface area contributed by atoms with E-state index in [0.29, 0.717) is 3.57 Å². The van der Waals surface area contributed by atoms with Gasteiger partial charge in [-0.3, -0.25) is 0 Å². The lowest BCUT2D eigenvalue weighted by atomic mass is 9.98. The zero-order valence-corrected chi connectivity index (χ0v) is 13.9. The maximum absolute atomic E-state index is 12.1. The highest BCUT2D eigenvalue weighted by atomic mass is 127. The summed E-state index contributed by atoms with van der Waals surface area (Å²) in [5.41, 5.74) is -0.203. The quantitative estimate of drug-likeness (QED) is 0.764. The second-order valence-electron chi connectivity index (χ2n) is 5.33. The summed E-state index contributed by atoms with van der Waals surface area (Å²) in [4.78, 5) is 11.0. The third-order valence-electron chi connectivity index (χ3n) is 2.27. The van der Waals surface area contributed by atoms with Crippen LogP contribution in [0.3, 0.4) is 0 Å². The van der Waals surface area contributed by atoms with Crippen molar-refractivity contribution in [1.82, 2.24) is 4.72 Å². The number of carbonyl (C=O) groups is 1. The predicted octanol–water partition coefficient (Wildman–Crippen LogP) is 2.31. The Hall–Kier alpha value is -0.670. The van der Waals surface area contributed by atoms with Crippen LogP contribution in [-0.2, 0) is 10.0 Å². The fourth-order valence-electron chi connectivity index (χ4n) is 1.23. The van der Waals surface area contributed by atoms with E-state index >= 15 is 0 Å². The lowest BCUT2D eigenvalue weighted by Gasteiger charge is -2.18. The van der Waals surface area contributed by atoms with Crippen molar-refractivity contribution in [3.63, 3.8) is 0 Å². The molecule has 0 aliphatic carbocycles. The third kappa shape index (κ3) is 4.73. The molecule has 0 aromatic heterocycles. The van der Waals surface area contributed by atoms with Crippen LogP contribution in [0.5, 0.6) is 0 Å². The Morgan fingerprint density at radius 2 is 1.95 bits per heavy atom. The van der Waals surface area contributed by atoms with E-state index in [1.807, 2.05) is 43.4 Å². The van der Waals surface area contributed by atoms with E-state index in [9.17, 15) is 13.2 Å². The Bertz CT molecular complexity index is 590. The summed E-state index contributed by atoms with van der Waals surface area (Å²) in [5.74, 6) is -1.14. The molecule has 0 saturated heterocycles. The Morgan fingerprint density at radius 1 is 1.37 bits per heavy atom. The van der Waals surface area contributed by atoms with E-state index in [0.717, 1.165) is 0 Å². The van der Waals surface area contributed by atoms with Gasteiger partial charge in [-0.1, -0.05) is 20.8 Å². The van der Waals surface area contributed by atoms with Crippen molar-refractivity contribution in [1.29, 1.82) is 0 Å². The summed E-state index contributed by atoms with van der Waals surface area (Å²) in [7, 11) is -3.68. The number of benzene rings is 1. The van der Waals surface area contributed by atoms with Crippen LogP contribution in [0.1, 0.15) is 31.1 Å². The van der Waals surface area contributed by atoms with Crippen LogP contribution in [0.4, 0.5) is 0 Å². The van der Waals surface area contributed by atoms with Gasteiger partial charge >= 0.3 is 5.97 Å². The van der Waals surface area contributed by atoms with Gasteiger partial charge in [0.15, 0.2) is 0 Å². The Labute approximate surface area is 126 Å². The van der Waals surface area contributed by atoms with Crippen molar-refractivity contribution in [3.8, 4) is 0 Å². The van der Waals surface area contributed by atoms with E-state index in [2.05, 4.69) is 4.72 Å². The molecule has 0 amide bonds. The summed E-state index contributed by atoms with van der Waals surface area (Å²) in [6.07, 6.45) is 0. The maximum atomic E-state index is 12.1. The first-order valence-electron chi connectivity index (χ1n) is 5.55. The highest BCUT2D eigenvalue weighted by Gasteiger charge is 2.20. The van der Waals surface area contributed by atoms with Crippen LogP contribution in [-0.4, -0.2) is 26.0 Å². The van der Waals surface area contributed by atoms with Crippen LogP contribution < -0.4 is 4.72 Å². The highest BCUT2D eigenvalue weighted by molar-refractivity contribution is 14.1. The van der Waals surface area contributed by atoms with E-state index in [4.69, 9.17) is 5.11 Å². The molecule has 0 saturated carbocycles. The van der Waals surface area contributed by atoms with Crippen LogP contribution >= 0.6 is 22.6 Å². The van der Waals surface area contributed by atoms with Gasteiger partial charge in [-0.15, -0.1) is 0 Å². The molecular formula is C12H16INO4S. The molecule has 0 spiro atoms. The Balaban J connectivity index is 3.09. The van der Waals surface area contributed by atoms with E-state index < -0.39 is 16.0 Å². The molecule has 1 aromatic carbocycles. The molecule has 0 radical (unpaired) electrons. The molecule has 0 aliphatic rings. The van der Waals surface area contributed by atoms with Crippen molar-refractivity contribution in [2.75, 3.05) is 6.54 Å². The number of hydrogen-bond donors (Lipinski definition) is 2. The fraction of sp³-hybridized carbons (Fsp3) is 0.417. The summed E-state index contributed by atoms with van der Waals surface area (Å²) in [6.45, 7) is 6.01. The number of halogens is 1. The van der Waals surface area contributed by atoms with Gasteiger partial charge in [-0.2, -0.15) is 0 Å². The molecular weight excluding hydrogens is 381 g/mol. The lowest BCUT2D eigenvalue weighted by molar-refractivity contribution is 0.0695. The van der Waals surface area contributed by atoms with Crippen molar-refractivity contribution in [3.05, 3.63) is 27.3 Å². The normalized spacial score (nSPS) is 12.4. The smallest absolute Gasteiger partial charge is 0.336 e. The molecule has 0 unspecified atom stereocenters. The summed E-state index contributed by atoms with van der Waals surface area (Å²) in [6, 6.07) is 4.06. The zero-order valence-electron chi connectivity index (χ0n) is 10.9. The molecule has 0 heterocycles. The van der Waals surface area contributed by atoms with E-state index in [-0.39, 0.29) is 22.4 Å². The van der Waals surface area contributed by atoms with Gasteiger partial charge in [0.05, 0.1) is 10.5 Å². The largest absolute Gasteiger partial charge is 0.478 e. The molecule has 2 N–H and O–H groups in total. The number of nitrogens with one attached hydrogen (secondary N) is 1. The van der Waals surface area contributed by atoms with Gasteiger partial charge in [-0.05, 0) is 46.2 Å². The summed E-state index contributed by atoms with van der Waals surface area (Å²) >= 11 is 1.86. The van der Waals surface area contributed by atoms with Crippen molar-refractivity contribution >= 4 is 38.6 Å². The molecule has 7 heteroatoms. The van der Waals surface area contributed by atoms with Gasteiger partial charge in [0, 0.05) is 10.1 Å². The molecule has 1 aromatic rings. The second kappa shape index (κ2) is 5.76. The topological polar surface area (TPSA) is 83.5 Å².